The third-order valence-electron chi connectivity index (χ3n) is 3.71. The van der Waals surface area contributed by atoms with Gasteiger partial charge in [-0.05, 0) is 49.5 Å². The summed E-state index contributed by atoms with van der Waals surface area (Å²) in [7, 11) is 0. The molecule has 1 aromatic carbocycles. The maximum atomic E-state index is 13.0. The summed E-state index contributed by atoms with van der Waals surface area (Å²) in [5.41, 5.74) is 5.33. The Balaban J connectivity index is 2.16. The van der Waals surface area contributed by atoms with Gasteiger partial charge < -0.3 is 5.73 Å². The molecule has 2 N–H and O–H groups in total. The first-order chi connectivity index (χ1) is 8.86. The van der Waals surface area contributed by atoms with Crippen LogP contribution in [-0.2, 0) is 12.7 Å². The summed E-state index contributed by atoms with van der Waals surface area (Å²) >= 11 is 0. The maximum Gasteiger partial charge on any atom is 0.416 e. The summed E-state index contributed by atoms with van der Waals surface area (Å²) in [5, 5.41) is 0. The molecule has 2 rings (SSSR count). The summed E-state index contributed by atoms with van der Waals surface area (Å²) in [6, 6.07) is 4.06. The number of hydrogen-bond donors (Lipinski definition) is 1. The van der Waals surface area contributed by atoms with Crippen LogP contribution in [0.2, 0.25) is 0 Å². The molecule has 1 saturated heterocycles. The summed E-state index contributed by atoms with van der Waals surface area (Å²) in [5.74, 6) is 0.671. The molecule has 0 radical (unpaired) electrons. The number of hydrogen-bond acceptors (Lipinski definition) is 2. The van der Waals surface area contributed by atoms with E-state index >= 15 is 0 Å². The van der Waals surface area contributed by atoms with Gasteiger partial charge in [-0.25, -0.2) is 0 Å². The molecule has 0 spiro atoms. The second kappa shape index (κ2) is 5.41. The van der Waals surface area contributed by atoms with Crippen molar-refractivity contribution in [2.45, 2.75) is 32.5 Å². The van der Waals surface area contributed by atoms with E-state index in [2.05, 4.69) is 11.8 Å². The van der Waals surface area contributed by atoms with Gasteiger partial charge in [-0.1, -0.05) is 13.0 Å². The molecule has 106 valence electrons. The van der Waals surface area contributed by atoms with Crippen molar-refractivity contribution in [3.8, 4) is 0 Å². The van der Waals surface area contributed by atoms with Crippen LogP contribution >= 0.6 is 0 Å². The minimum atomic E-state index is -4.34. The Bertz CT molecular complexity index is 435. The molecule has 0 bridgehead atoms. The average molecular weight is 272 g/mol. The molecule has 1 fully saturated rings. The number of piperidine rings is 1. The highest BCUT2D eigenvalue weighted by Gasteiger charge is 2.34. The first-order valence-corrected chi connectivity index (χ1v) is 6.54. The van der Waals surface area contributed by atoms with E-state index in [0.29, 0.717) is 18.0 Å². The van der Waals surface area contributed by atoms with Crippen molar-refractivity contribution < 1.29 is 13.2 Å². The Morgan fingerprint density at radius 3 is 2.47 bits per heavy atom. The Hall–Kier alpha value is -1.23. The van der Waals surface area contributed by atoms with Crippen LogP contribution in [0.4, 0.5) is 18.9 Å². The van der Waals surface area contributed by atoms with Crippen LogP contribution in [0.5, 0.6) is 0 Å². The highest BCUT2D eigenvalue weighted by Crippen LogP contribution is 2.34. The molecule has 0 saturated carbocycles. The standard InChI is InChI=1S/C14H19F3N2/c1-10-4-6-19(7-5-10)9-11-2-3-12(18)8-13(11)14(15,16)17/h2-3,8,10H,4-7,9,18H2,1H3. The quantitative estimate of drug-likeness (QED) is 0.835. The molecular formula is C14H19F3N2. The molecule has 1 aliphatic heterocycles. The van der Waals surface area contributed by atoms with Gasteiger partial charge in [-0.15, -0.1) is 0 Å². The van der Waals surface area contributed by atoms with Crippen molar-refractivity contribution >= 4 is 5.69 Å². The smallest absolute Gasteiger partial charge is 0.399 e. The topological polar surface area (TPSA) is 29.3 Å². The Labute approximate surface area is 111 Å². The van der Waals surface area contributed by atoms with E-state index in [4.69, 9.17) is 5.73 Å². The summed E-state index contributed by atoms with van der Waals surface area (Å²) in [6.45, 7) is 4.26. The predicted molar refractivity (Wildman–Crippen MR) is 69.5 cm³/mol. The van der Waals surface area contributed by atoms with Gasteiger partial charge in [0.1, 0.15) is 0 Å². The van der Waals surface area contributed by atoms with Crippen molar-refractivity contribution in [3.05, 3.63) is 29.3 Å². The largest absolute Gasteiger partial charge is 0.416 e. The fourth-order valence-corrected chi connectivity index (χ4v) is 2.46. The van der Waals surface area contributed by atoms with E-state index in [1.807, 2.05) is 0 Å². The number of nitrogens with two attached hydrogens (primary N) is 1. The number of nitrogens with zero attached hydrogens (tertiary/aromatic N) is 1. The van der Waals surface area contributed by atoms with E-state index in [-0.39, 0.29) is 5.69 Å². The second-order valence-corrected chi connectivity index (χ2v) is 5.37. The fourth-order valence-electron chi connectivity index (χ4n) is 2.46. The van der Waals surface area contributed by atoms with Gasteiger partial charge in [0.2, 0.25) is 0 Å². The summed E-state index contributed by atoms with van der Waals surface area (Å²) in [6.07, 6.45) is -2.24. The van der Waals surface area contributed by atoms with Gasteiger partial charge in [0.25, 0.3) is 0 Å². The normalized spacial score (nSPS) is 18.7. The van der Waals surface area contributed by atoms with E-state index in [1.165, 1.54) is 12.1 Å². The predicted octanol–water partition coefficient (Wildman–Crippen LogP) is 3.52. The monoisotopic (exact) mass is 272 g/mol. The summed E-state index contributed by atoms with van der Waals surface area (Å²) in [4.78, 5) is 2.08. The minimum absolute atomic E-state index is 0.156. The Morgan fingerprint density at radius 1 is 1.26 bits per heavy atom. The highest BCUT2D eigenvalue weighted by molar-refractivity contribution is 5.46. The van der Waals surface area contributed by atoms with Crippen LogP contribution in [-0.4, -0.2) is 18.0 Å². The number of halogens is 3. The van der Waals surface area contributed by atoms with Gasteiger partial charge in [-0.2, -0.15) is 13.2 Å². The highest BCUT2D eigenvalue weighted by atomic mass is 19.4. The van der Waals surface area contributed by atoms with Gasteiger partial charge in [-0.3, -0.25) is 4.90 Å². The molecule has 1 aromatic rings. The zero-order chi connectivity index (χ0) is 14.0. The third-order valence-corrected chi connectivity index (χ3v) is 3.71. The number of anilines is 1. The van der Waals surface area contributed by atoms with Gasteiger partial charge >= 0.3 is 6.18 Å². The van der Waals surface area contributed by atoms with Crippen LogP contribution in [0.25, 0.3) is 0 Å². The van der Waals surface area contributed by atoms with Gasteiger partial charge in [0.15, 0.2) is 0 Å². The van der Waals surface area contributed by atoms with Crippen molar-refractivity contribution in [1.82, 2.24) is 4.90 Å². The lowest BCUT2D eigenvalue weighted by atomic mass is 9.98. The molecule has 2 nitrogen and oxygen atoms in total. The Morgan fingerprint density at radius 2 is 1.89 bits per heavy atom. The minimum Gasteiger partial charge on any atom is -0.399 e. The average Bonchev–Trinajstić information content (AvgIpc) is 2.33. The molecule has 0 aliphatic carbocycles. The van der Waals surface area contributed by atoms with Crippen molar-refractivity contribution in [3.63, 3.8) is 0 Å². The number of alkyl halides is 3. The molecule has 0 atom stereocenters. The lowest BCUT2D eigenvalue weighted by Gasteiger charge is -2.31. The molecule has 1 aliphatic rings. The molecule has 1 heterocycles. The van der Waals surface area contributed by atoms with E-state index < -0.39 is 11.7 Å². The molecular weight excluding hydrogens is 253 g/mol. The van der Waals surface area contributed by atoms with E-state index in [0.717, 1.165) is 32.0 Å². The molecule has 0 unspecified atom stereocenters. The second-order valence-electron chi connectivity index (χ2n) is 5.37. The van der Waals surface area contributed by atoms with Crippen molar-refractivity contribution in [2.24, 2.45) is 5.92 Å². The third kappa shape index (κ3) is 3.62. The van der Waals surface area contributed by atoms with Crippen molar-refractivity contribution in [1.29, 1.82) is 0 Å². The van der Waals surface area contributed by atoms with E-state index in [1.54, 1.807) is 0 Å². The lowest BCUT2D eigenvalue weighted by molar-refractivity contribution is -0.138. The van der Waals surface area contributed by atoms with Crippen molar-refractivity contribution in [2.75, 3.05) is 18.8 Å². The molecule has 19 heavy (non-hydrogen) atoms. The van der Waals surface area contributed by atoms with Crippen LogP contribution in [0, 0.1) is 5.92 Å². The van der Waals surface area contributed by atoms with Crippen LogP contribution in [0.3, 0.4) is 0 Å². The van der Waals surface area contributed by atoms with Gasteiger partial charge in [0, 0.05) is 12.2 Å². The van der Waals surface area contributed by atoms with Crippen LogP contribution in [0.1, 0.15) is 30.9 Å². The zero-order valence-corrected chi connectivity index (χ0v) is 11.0. The van der Waals surface area contributed by atoms with Gasteiger partial charge in [0.05, 0.1) is 5.56 Å². The lowest BCUT2D eigenvalue weighted by Crippen LogP contribution is -2.33. The molecule has 0 aromatic heterocycles. The number of nitrogen functional groups attached to an aromatic ring is 1. The van der Waals surface area contributed by atoms with Crippen LogP contribution in [0.15, 0.2) is 18.2 Å². The fraction of sp³-hybridized carbons (Fsp3) is 0.571. The first-order valence-electron chi connectivity index (χ1n) is 6.54. The SMILES string of the molecule is CC1CCN(Cc2ccc(N)cc2C(F)(F)F)CC1. The van der Waals surface area contributed by atoms with E-state index in [9.17, 15) is 13.2 Å². The zero-order valence-electron chi connectivity index (χ0n) is 11.0. The summed E-state index contributed by atoms with van der Waals surface area (Å²) < 4.78 is 38.9. The number of benzene rings is 1. The first kappa shape index (κ1) is 14.2. The number of likely N-dealkylation sites (tertiary alicyclic amines) is 1. The maximum absolute atomic E-state index is 13.0. The molecule has 0 amide bonds. The number of rotatable bonds is 2. The Kier molecular flexibility index (Phi) is 4.04. The van der Waals surface area contributed by atoms with Crippen LogP contribution < -0.4 is 5.73 Å². The molecule has 5 heteroatoms.